The Hall–Kier alpha value is -1.55. The zero-order valence-electron chi connectivity index (χ0n) is 13.1. The van der Waals surface area contributed by atoms with Gasteiger partial charge in [-0.3, -0.25) is 4.79 Å². The number of rotatable bonds is 6. The lowest BCUT2D eigenvalue weighted by atomic mass is 9.87. The zero-order valence-corrected chi connectivity index (χ0v) is 13.1. The molecular formula is C17H25NO3. The van der Waals surface area contributed by atoms with Gasteiger partial charge in [0.05, 0.1) is 5.41 Å². The predicted octanol–water partition coefficient (Wildman–Crippen LogP) is 3.16. The van der Waals surface area contributed by atoms with Crippen LogP contribution >= 0.6 is 0 Å². The highest BCUT2D eigenvalue weighted by Gasteiger charge is 2.28. The summed E-state index contributed by atoms with van der Waals surface area (Å²) in [6.07, 6.45) is 3.42. The summed E-state index contributed by atoms with van der Waals surface area (Å²) in [6, 6.07) is 6.57. The number of carboxylic acid groups (broad SMARTS) is 1. The molecule has 116 valence electrons. The molecule has 4 heteroatoms. The summed E-state index contributed by atoms with van der Waals surface area (Å²) in [5.74, 6) is -0.0760. The third kappa shape index (κ3) is 3.76. The molecule has 1 aliphatic rings. The van der Waals surface area contributed by atoms with Crippen molar-refractivity contribution in [1.82, 2.24) is 5.32 Å². The van der Waals surface area contributed by atoms with Gasteiger partial charge in [-0.2, -0.15) is 0 Å². The number of hydrogen-bond donors (Lipinski definition) is 2. The zero-order chi connectivity index (χ0) is 15.5. The minimum Gasteiger partial charge on any atom is -0.492 e. The highest BCUT2D eigenvalue weighted by molar-refractivity contribution is 5.73. The number of nitrogens with one attached hydrogen (secondary N) is 1. The number of aryl methyl sites for hydroxylation is 1. The van der Waals surface area contributed by atoms with Gasteiger partial charge in [0.25, 0.3) is 0 Å². The molecule has 1 atom stereocenters. The average Bonchev–Trinajstić information content (AvgIpc) is 2.45. The number of ether oxygens (including phenoxy) is 1. The van der Waals surface area contributed by atoms with Gasteiger partial charge in [0, 0.05) is 6.04 Å². The molecule has 21 heavy (non-hydrogen) atoms. The maximum absolute atomic E-state index is 11.1. The normalized spacial score (nSPS) is 18.1. The van der Waals surface area contributed by atoms with Gasteiger partial charge >= 0.3 is 5.97 Å². The van der Waals surface area contributed by atoms with E-state index in [1.807, 2.05) is 6.07 Å². The number of aliphatic carboxylic acids is 1. The SMILES string of the molecule is CCNC1CCCc2cc(OCC(C)(C)C(=O)O)ccc21. The molecule has 0 spiro atoms. The van der Waals surface area contributed by atoms with Crippen LogP contribution < -0.4 is 10.1 Å². The molecule has 0 amide bonds. The third-order valence-corrected chi connectivity index (χ3v) is 4.06. The molecule has 1 unspecified atom stereocenters. The van der Waals surface area contributed by atoms with Crippen molar-refractivity contribution in [1.29, 1.82) is 0 Å². The molecule has 0 saturated carbocycles. The largest absolute Gasteiger partial charge is 0.492 e. The van der Waals surface area contributed by atoms with E-state index < -0.39 is 11.4 Å². The van der Waals surface area contributed by atoms with Crippen LogP contribution in [0.4, 0.5) is 0 Å². The molecule has 1 aromatic rings. The molecule has 2 N–H and O–H groups in total. The summed E-state index contributed by atoms with van der Waals surface area (Å²) >= 11 is 0. The fourth-order valence-corrected chi connectivity index (χ4v) is 2.66. The number of carbonyl (C=O) groups is 1. The standard InChI is InChI=1S/C17H25NO3/c1-4-18-15-7-5-6-12-10-13(8-9-14(12)15)21-11-17(2,3)16(19)20/h8-10,15,18H,4-7,11H2,1-3H3,(H,19,20). The van der Waals surface area contributed by atoms with Gasteiger partial charge in [0.2, 0.25) is 0 Å². The molecule has 0 fully saturated rings. The van der Waals surface area contributed by atoms with Crippen molar-refractivity contribution in [2.24, 2.45) is 5.41 Å². The first kappa shape index (κ1) is 15.8. The Morgan fingerprint density at radius 1 is 1.48 bits per heavy atom. The van der Waals surface area contributed by atoms with E-state index >= 15 is 0 Å². The first-order valence-electron chi connectivity index (χ1n) is 7.66. The lowest BCUT2D eigenvalue weighted by Gasteiger charge is -2.27. The lowest BCUT2D eigenvalue weighted by molar-refractivity contribution is -0.148. The van der Waals surface area contributed by atoms with Crippen molar-refractivity contribution in [2.45, 2.75) is 46.1 Å². The smallest absolute Gasteiger partial charge is 0.312 e. The average molecular weight is 291 g/mol. The number of hydrogen-bond acceptors (Lipinski definition) is 3. The summed E-state index contributed by atoms with van der Waals surface area (Å²) in [7, 11) is 0. The summed E-state index contributed by atoms with van der Waals surface area (Å²) in [5, 5.41) is 12.6. The van der Waals surface area contributed by atoms with Gasteiger partial charge < -0.3 is 15.2 Å². The molecule has 0 saturated heterocycles. The van der Waals surface area contributed by atoms with E-state index in [1.165, 1.54) is 24.0 Å². The van der Waals surface area contributed by atoms with E-state index in [2.05, 4.69) is 24.4 Å². The van der Waals surface area contributed by atoms with Crippen LogP contribution in [-0.4, -0.2) is 24.2 Å². The first-order chi connectivity index (χ1) is 9.94. The van der Waals surface area contributed by atoms with Crippen molar-refractivity contribution >= 4 is 5.97 Å². The van der Waals surface area contributed by atoms with E-state index in [-0.39, 0.29) is 6.61 Å². The second-order valence-corrected chi connectivity index (χ2v) is 6.34. The molecular weight excluding hydrogens is 266 g/mol. The lowest BCUT2D eigenvalue weighted by Crippen LogP contribution is -2.30. The monoisotopic (exact) mass is 291 g/mol. The van der Waals surface area contributed by atoms with Crippen molar-refractivity contribution in [3.63, 3.8) is 0 Å². The second kappa shape index (κ2) is 6.48. The Morgan fingerprint density at radius 3 is 2.90 bits per heavy atom. The topological polar surface area (TPSA) is 58.6 Å². The minimum absolute atomic E-state index is 0.178. The Balaban J connectivity index is 2.09. The summed E-state index contributed by atoms with van der Waals surface area (Å²) in [5.41, 5.74) is 1.80. The van der Waals surface area contributed by atoms with Crippen LogP contribution in [0.15, 0.2) is 18.2 Å². The van der Waals surface area contributed by atoms with Crippen molar-refractivity contribution in [3.8, 4) is 5.75 Å². The van der Waals surface area contributed by atoms with E-state index in [0.29, 0.717) is 6.04 Å². The second-order valence-electron chi connectivity index (χ2n) is 6.34. The van der Waals surface area contributed by atoms with E-state index in [0.717, 1.165) is 18.7 Å². The Labute approximate surface area is 126 Å². The number of benzene rings is 1. The van der Waals surface area contributed by atoms with Gasteiger partial charge in [0.15, 0.2) is 0 Å². The number of fused-ring (bicyclic) bond motifs is 1. The molecule has 4 nitrogen and oxygen atoms in total. The van der Waals surface area contributed by atoms with Gasteiger partial charge in [-0.05, 0) is 62.9 Å². The van der Waals surface area contributed by atoms with Crippen LogP contribution in [0.5, 0.6) is 5.75 Å². The molecule has 0 bridgehead atoms. The molecule has 0 aromatic heterocycles. The van der Waals surface area contributed by atoms with E-state index in [1.54, 1.807) is 13.8 Å². The van der Waals surface area contributed by atoms with E-state index in [9.17, 15) is 4.79 Å². The fraction of sp³-hybridized carbons (Fsp3) is 0.588. The quantitative estimate of drug-likeness (QED) is 0.845. The van der Waals surface area contributed by atoms with Gasteiger partial charge in [-0.25, -0.2) is 0 Å². The highest BCUT2D eigenvalue weighted by Crippen LogP contribution is 2.32. The molecule has 1 aliphatic carbocycles. The molecule has 1 aromatic carbocycles. The third-order valence-electron chi connectivity index (χ3n) is 4.06. The highest BCUT2D eigenvalue weighted by atomic mass is 16.5. The summed E-state index contributed by atoms with van der Waals surface area (Å²) in [4.78, 5) is 11.1. The summed E-state index contributed by atoms with van der Waals surface area (Å²) < 4.78 is 5.69. The van der Waals surface area contributed by atoms with Gasteiger partial charge in [-0.15, -0.1) is 0 Å². The fourth-order valence-electron chi connectivity index (χ4n) is 2.66. The Kier molecular flexibility index (Phi) is 4.88. The van der Waals surface area contributed by atoms with Crippen LogP contribution in [0, 0.1) is 5.41 Å². The van der Waals surface area contributed by atoms with Gasteiger partial charge in [0.1, 0.15) is 12.4 Å². The first-order valence-corrected chi connectivity index (χ1v) is 7.66. The maximum Gasteiger partial charge on any atom is 0.312 e. The number of carboxylic acids is 1. The van der Waals surface area contributed by atoms with Crippen LogP contribution in [0.25, 0.3) is 0 Å². The Bertz CT molecular complexity index is 511. The maximum atomic E-state index is 11.1. The van der Waals surface area contributed by atoms with Crippen LogP contribution in [0.3, 0.4) is 0 Å². The molecule has 0 aliphatic heterocycles. The Morgan fingerprint density at radius 2 is 2.24 bits per heavy atom. The van der Waals surface area contributed by atoms with Gasteiger partial charge in [-0.1, -0.05) is 13.0 Å². The minimum atomic E-state index is -0.873. The van der Waals surface area contributed by atoms with Crippen LogP contribution in [0.1, 0.15) is 50.8 Å². The predicted molar refractivity (Wildman–Crippen MR) is 82.7 cm³/mol. The van der Waals surface area contributed by atoms with E-state index in [4.69, 9.17) is 9.84 Å². The molecule has 0 heterocycles. The molecule has 0 radical (unpaired) electrons. The van der Waals surface area contributed by atoms with Crippen LogP contribution in [-0.2, 0) is 11.2 Å². The van der Waals surface area contributed by atoms with Crippen molar-refractivity contribution in [2.75, 3.05) is 13.2 Å². The van der Waals surface area contributed by atoms with Crippen LogP contribution in [0.2, 0.25) is 0 Å². The van der Waals surface area contributed by atoms with Crippen molar-refractivity contribution < 1.29 is 14.6 Å². The van der Waals surface area contributed by atoms with Crippen molar-refractivity contribution in [3.05, 3.63) is 29.3 Å². The molecule has 2 rings (SSSR count). The summed E-state index contributed by atoms with van der Waals surface area (Å²) in [6.45, 7) is 6.62.